The fourth-order valence-electron chi connectivity index (χ4n) is 2.20. The summed E-state index contributed by atoms with van der Waals surface area (Å²) in [5.74, 6) is -1.49. The molecule has 2 rings (SSSR count). The summed E-state index contributed by atoms with van der Waals surface area (Å²) in [6.45, 7) is 0.461. The maximum atomic E-state index is 12.4. The molecule has 1 heterocycles. The summed E-state index contributed by atoms with van der Waals surface area (Å²) in [4.78, 5) is 24.8. The number of hydrogen-bond acceptors (Lipinski definition) is 6. The SMILES string of the molecule is O=C(O)CCCCCN1C(=O)/C(=C\c2ccc(O)c(O)c2)SC1=S. The fraction of sp³-hybridized carbons (Fsp3) is 0.312. The van der Waals surface area contributed by atoms with E-state index in [2.05, 4.69) is 0 Å². The summed E-state index contributed by atoms with van der Waals surface area (Å²) in [6.07, 6.45) is 3.72. The lowest BCUT2D eigenvalue weighted by molar-refractivity contribution is -0.137. The Kier molecular flexibility index (Phi) is 6.22. The first-order chi connectivity index (χ1) is 11.4. The number of nitrogens with zero attached hydrogens (tertiary/aromatic N) is 1. The highest BCUT2D eigenvalue weighted by atomic mass is 32.2. The van der Waals surface area contributed by atoms with Crippen LogP contribution in [-0.2, 0) is 9.59 Å². The highest BCUT2D eigenvalue weighted by Gasteiger charge is 2.31. The standard InChI is InChI=1S/C16H17NO5S2/c18-11-6-5-10(8-12(11)19)9-13-15(22)17(16(23)24-13)7-3-1-2-4-14(20)21/h5-6,8-9,18-19H,1-4,7H2,(H,20,21)/b13-9+. The second-order valence-electron chi connectivity index (χ2n) is 5.29. The maximum Gasteiger partial charge on any atom is 0.303 e. The van der Waals surface area contributed by atoms with E-state index in [-0.39, 0.29) is 23.8 Å². The molecule has 0 atom stereocenters. The van der Waals surface area contributed by atoms with Crippen molar-refractivity contribution in [2.45, 2.75) is 25.7 Å². The van der Waals surface area contributed by atoms with Crippen molar-refractivity contribution in [3.63, 3.8) is 0 Å². The third kappa shape index (κ3) is 4.72. The van der Waals surface area contributed by atoms with Crippen LogP contribution in [0.1, 0.15) is 31.2 Å². The number of aromatic hydroxyl groups is 2. The summed E-state index contributed by atoms with van der Waals surface area (Å²) >= 11 is 6.41. The molecule has 1 fully saturated rings. The number of carbonyl (C=O) groups is 2. The minimum Gasteiger partial charge on any atom is -0.504 e. The Morgan fingerprint density at radius 1 is 1.21 bits per heavy atom. The van der Waals surface area contributed by atoms with Crippen molar-refractivity contribution in [1.82, 2.24) is 4.90 Å². The monoisotopic (exact) mass is 367 g/mol. The quantitative estimate of drug-likeness (QED) is 0.295. The largest absolute Gasteiger partial charge is 0.504 e. The molecule has 8 heteroatoms. The van der Waals surface area contributed by atoms with Crippen molar-refractivity contribution in [3.8, 4) is 11.5 Å². The first kappa shape index (κ1) is 18.3. The van der Waals surface area contributed by atoms with Gasteiger partial charge in [0.05, 0.1) is 4.91 Å². The second-order valence-corrected chi connectivity index (χ2v) is 6.96. The van der Waals surface area contributed by atoms with Crippen molar-refractivity contribution < 1.29 is 24.9 Å². The van der Waals surface area contributed by atoms with E-state index in [0.717, 1.165) is 0 Å². The first-order valence-corrected chi connectivity index (χ1v) is 8.60. The van der Waals surface area contributed by atoms with Gasteiger partial charge in [0, 0.05) is 13.0 Å². The molecule has 0 radical (unpaired) electrons. The summed E-state index contributed by atoms with van der Waals surface area (Å²) in [5, 5.41) is 27.4. The predicted octanol–water partition coefficient (Wildman–Crippen LogP) is 2.94. The Morgan fingerprint density at radius 2 is 1.96 bits per heavy atom. The highest BCUT2D eigenvalue weighted by molar-refractivity contribution is 8.26. The molecule has 1 saturated heterocycles. The van der Waals surface area contributed by atoms with Crippen LogP contribution in [0.25, 0.3) is 6.08 Å². The molecule has 1 amide bonds. The minimum absolute atomic E-state index is 0.128. The van der Waals surface area contributed by atoms with Crippen LogP contribution in [-0.4, -0.2) is 43.0 Å². The topological polar surface area (TPSA) is 98.1 Å². The van der Waals surface area contributed by atoms with Gasteiger partial charge in [-0.15, -0.1) is 0 Å². The molecule has 1 aromatic carbocycles. The maximum absolute atomic E-state index is 12.4. The van der Waals surface area contributed by atoms with E-state index < -0.39 is 5.97 Å². The lowest BCUT2D eigenvalue weighted by Gasteiger charge is -2.13. The molecule has 1 aliphatic rings. The van der Waals surface area contributed by atoms with E-state index >= 15 is 0 Å². The van der Waals surface area contributed by atoms with Crippen molar-refractivity contribution in [1.29, 1.82) is 0 Å². The van der Waals surface area contributed by atoms with Gasteiger partial charge in [-0.3, -0.25) is 14.5 Å². The van der Waals surface area contributed by atoms with E-state index in [4.69, 9.17) is 17.3 Å². The average Bonchev–Trinajstić information content (AvgIpc) is 2.77. The number of carboxylic acids is 1. The minimum atomic E-state index is -0.819. The second kappa shape index (κ2) is 8.16. The number of phenols is 2. The molecule has 0 aliphatic carbocycles. The predicted molar refractivity (Wildman–Crippen MR) is 95.8 cm³/mol. The van der Waals surface area contributed by atoms with Crippen molar-refractivity contribution in [3.05, 3.63) is 28.7 Å². The van der Waals surface area contributed by atoms with Crippen molar-refractivity contribution in [2.24, 2.45) is 0 Å². The van der Waals surface area contributed by atoms with Crippen LogP contribution in [0.5, 0.6) is 11.5 Å². The molecule has 128 valence electrons. The number of aliphatic carboxylic acids is 1. The first-order valence-electron chi connectivity index (χ1n) is 7.37. The van der Waals surface area contributed by atoms with E-state index in [1.54, 1.807) is 12.1 Å². The Balaban J connectivity index is 1.96. The normalized spacial score (nSPS) is 16.2. The molecule has 0 aromatic heterocycles. The zero-order chi connectivity index (χ0) is 17.7. The third-order valence-electron chi connectivity index (χ3n) is 3.44. The van der Waals surface area contributed by atoms with Gasteiger partial charge in [-0.2, -0.15) is 0 Å². The zero-order valence-electron chi connectivity index (χ0n) is 12.8. The number of hydrogen-bond donors (Lipinski definition) is 3. The van der Waals surface area contributed by atoms with Gasteiger partial charge in [-0.05, 0) is 36.6 Å². The van der Waals surface area contributed by atoms with Gasteiger partial charge in [-0.1, -0.05) is 36.5 Å². The zero-order valence-corrected chi connectivity index (χ0v) is 14.4. The van der Waals surface area contributed by atoms with Crippen LogP contribution in [0.2, 0.25) is 0 Å². The number of thiocarbonyl (C=S) groups is 1. The molecule has 1 aliphatic heterocycles. The third-order valence-corrected chi connectivity index (χ3v) is 4.82. The fourth-order valence-corrected chi connectivity index (χ4v) is 3.51. The molecule has 0 bridgehead atoms. The van der Waals surface area contributed by atoms with Crippen LogP contribution >= 0.6 is 24.0 Å². The number of carboxylic acid groups (broad SMARTS) is 1. The number of benzene rings is 1. The summed E-state index contributed by atoms with van der Waals surface area (Å²) in [5.41, 5.74) is 0.590. The van der Waals surface area contributed by atoms with Gasteiger partial charge in [-0.25, -0.2) is 0 Å². The van der Waals surface area contributed by atoms with Crippen molar-refractivity contribution in [2.75, 3.05) is 6.54 Å². The van der Waals surface area contributed by atoms with Crippen LogP contribution in [0.4, 0.5) is 0 Å². The Morgan fingerprint density at radius 3 is 2.62 bits per heavy atom. The van der Waals surface area contributed by atoms with E-state index in [9.17, 15) is 19.8 Å². The van der Waals surface area contributed by atoms with Gasteiger partial charge in [0.1, 0.15) is 4.32 Å². The van der Waals surface area contributed by atoms with Crippen LogP contribution in [0.15, 0.2) is 23.1 Å². The number of rotatable bonds is 7. The average molecular weight is 367 g/mol. The number of unbranched alkanes of at least 4 members (excludes halogenated alkanes) is 2. The van der Waals surface area contributed by atoms with Gasteiger partial charge in [0.25, 0.3) is 5.91 Å². The van der Waals surface area contributed by atoms with Gasteiger partial charge < -0.3 is 15.3 Å². The molecule has 1 aromatic rings. The molecule has 0 saturated carbocycles. The molecule has 0 unspecified atom stereocenters. The van der Waals surface area contributed by atoms with Gasteiger partial charge in [0.15, 0.2) is 11.5 Å². The van der Waals surface area contributed by atoms with E-state index in [0.29, 0.717) is 40.6 Å². The Labute approximate surface area is 148 Å². The summed E-state index contributed by atoms with van der Waals surface area (Å²) < 4.78 is 0.465. The van der Waals surface area contributed by atoms with Crippen LogP contribution in [0.3, 0.4) is 0 Å². The lowest BCUT2D eigenvalue weighted by atomic mass is 10.1. The van der Waals surface area contributed by atoms with Crippen LogP contribution < -0.4 is 0 Å². The number of thioether (sulfide) groups is 1. The molecular formula is C16H17NO5S2. The highest BCUT2D eigenvalue weighted by Crippen LogP contribution is 2.34. The van der Waals surface area contributed by atoms with Crippen molar-refractivity contribution >= 4 is 46.3 Å². The van der Waals surface area contributed by atoms with E-state index in [1.165, 1.54) is 28.8 Å². The number of phenolic OH excluding ortho intramolecular Hbond substituents is 2. The number of amides is 1. The van der Waals surface area contributed by atoms with E-state index in [1.807, 2.05) is 0 Å². The number of carbonyl (C=O) groups excluding carboxylic acids is 1. The van der Waals surface area contributed by atoms with Gasteiger partial charge >= 0.3 is 5.97 Å². The Bertz CT molecular complexity index is 702. The smallest absolute Gasteiger partial charge is 0.303 e. The Hall–Kier alpha value is -2.06. The molecular weight excluding hydrogens is 350 g/mol. The summed E-state index contributed by atoms with van der Waals surface area (Å²) in [7, 11) is 0. The molecule has 0 spiro atoms. The van der Waals surface area contributed by atoms with Crippen LogP contribution in [0, 0.1) is 0 Å². The summed E-state index contributed by atoms with van der Waals surface area (Å²) in [6, 6.07) is 4.31. The molecule has 3 N–H and O–H groups in total. The molecule has 24 heavy (non-hydrogen) atoms. The van der Waals surface area contributed by atoms with Gasteiger partial charge in [0.2, 0.25) is 0 Å². The molecule has 6 nitrogen and oxygen atoms in total. The lowest BCUT2D eigenvalue weighted by Crippen LogP contribution is -2.29.